The van der Waals surface area contributed by atoms with Crippen LogP contribution in [-0.2, 0) is 11.2 Å². The van der Waals surface area contributed by atoms with E-state index in [2.05, 4.69) is 33.2 Å². The molecule has 0 fully saturated rings. The van der Waals surface area contributed by atoms with Crippen LogP contribution in [0.25, 0.3) is 0 Å². The van der Waals surface area contributed by atoms with Gasteiger partial charge in [-0.05, 0) is 29.7 Å². The standard InChI is InChI=1S/C16H17BrN2O/c1-2-15(13-7-3-4-8-14(13)17)19-16(20)10-12-6-5-9-18-11-12/h3-9,11,15H,2,10H2,1H3,(H,19,20)/t15-/m0/s1. The molecule has 0 radical (unpaired) electrons. The summed E-state index contributed by atoms with van der Waals surface area (Å²) in [7, 11) is 0. The van der Waals surface area contributed by atoms with Gasteiger partial charge in [0.25, 0.3) is 0 Å². The first-order chi connectivity index (χ1) is 9.70. The van der Waals surface area contributed by atoms with Crippen LogP contribution < -0.4 is 5.32 Å². The van der Waals surface area contributed by atoms with E-state index in [0.29, 0.717) is 6.42 Å². The van der Waals surface area contributed by atoms with Crippen molar-refractivity contribution < 1.29 is 4.79 Å². The summed E-state index contributed by atoms with van der Waals surface area (Å²) in [5.41, 5.74) is 2.03. The molecule has 0 saturated heterocycles. The molecule has 0 spiro atoms. The summed E-state index contributed by atoms with van der Waals surface area (Å²) in [6, 6.07) is 11.7. The highest BCUT2D eigenvalue weighted by Crippen LogP contribution is 2.25. The average Bonchev–Trinajstić information content (AvgIpc) is 2.46. The summed E-state index contributed by atoms with van der Waals surface area (Å²) in [6.07, 6.45) is 4.63. The molecule has 4 heteroatoms. The fraction of sp³-hybridized carbons (Fsp3) is 0.250. The lowest BCUT2D eigenvalue weighted by Gasteiger charge is -2.18. The molecular weight excluding hydrogens is 316 g/mol. The first-order valence-corrected chi connectivity index (χ1v) is 7.42. The number of aromatic nitrogens is 1. The quantitative estimate of drug-likeness (QED) is 0.907. The Morgan fingerprint density at radius 2 is 2.10 bits per heavy atom. The molecule has 1 N–H and O–H groups in total. The Balaban J connectivity index is 2.04. The molecule has 20 heavy (non-hydrogen) atoms. The van der Waals surface area contributed by atoms with Crippen molar-refractivity contribution in [3.63, 3.8) is 0 Å². The molecule has 0 aliphatic carbocycles. The molecule has 104 valence electrons. The maximum Gasteiger partial charge on any atom is 0.224 e. The maximum atomic E-state index is 12.1. The second-order valence-electron chi connectivity index (χ2n) is 4.59. The predicted molar refractivity (Wildman–Crippen MR) is 83.3 cm³/mol. The smallest absolute Gasteiger partial charge is 0.224 e. The Labute approximate surface area is 127 Å². The van der Waals surface area contributed by atoms with Gasteiger partial charge in [0.15, 0.2) is 0 Å². The van der Waals surface area contributed by atoms with Crippen molar-refractivity contribution in [1.82, 2.24) is 10.3 Å². The Morgan fingerprint density at radius 3 is 2.75 bits per heavy atom. The number of carbonyl (C=O) groups excluding carboxylic acids is 1. The molecule has 1 amide bonds. The summed E-state index contributed by atoms with van der Waals surface area (Å²) in [5, 5.41) is 3.08. The average molecular weight is 333 g/mol. The van der Waals surface area contributed by atoms with Crippen molar-refractivity contribution >= 4 is 21.8 Å². The minimum atomic E-state index is 0.0144. The SMILES string of the molecule is CC[C@H](NC(=O)Cc1cccnc1)c1ccccc1Br. The Morgan fingerprint density at radius 1 is 1.30 bits per heavy atom. The zero-order chi connectivity index (χ0) is 14.4. The monoisotopic (exact) mass is 332 g/mol. The molecule has 1 aromatic heterocycles. The van der Waals surface area contributed by atoms with E-state index >= 15 is 0 Å². The molecule has 0 unspecified atom stereocenters. The number of amides is 1. The minimum Gasteiger partial charge on any atom is -0.349 e. The number of rotatable bonds is 5. The van der Waals surface area contributed by atoms with Gasteiger partial charge >= 0.3 is 0 Å². The van der Waals surface area contributed by atoms with Crippen LogP contribution in [0.4, 0.5) is 0 Å². The van der Waals surface area contributed by atoms with E-state index in [4.69, 9.17) is 0 Å². The van der Waals surface area contributed by atoms with Crippen LogP contribution in [0, 0.1) is 0 Å². The van der Waals surface area contributed by atoms with Gasteiger partial charge < -0.3 is 5.32 Å². The molecule has 0 saturated carbocycles. The molecule has 1 atom stereocenters. The second-order valence-corrected chi connectivity index (χ2v) is 5.44. The van der Waals surface area contributed by atoms with Crippen LogP contribution >= 0.6 is 15.9 Å². The first-order valence-electron chi connectivity index (χ1n) is 6.63. The van der Waals surface area contributed by atoms with Crippen molar-refractivity contribution in [3.8, 4) is 0 Å². The highest BCUT2D eigenvalue weighted by atomic mass is 79.9. The minimum absolute atomic E-state index is 0.0144. The third-order valence-corrected chi connectivity index (χ3v) is 3.83. The van der Waals surface area contributed by atoms with Crippen LogP contribution in [0.5, 0.6) is 0 Å². The number of nitrogens with zero attached hydrogens (tertiary/aromatic N) is 1. The van der Waals surface area contributed by atoms with Gasteiger partial charge in [0.1, 0.15) is 0 Å². The Hall–Kier alpha value is -1.68. The maximum absolute atomic E-state index is 12.1. The van der Waals surface area contributed by atoms with Crippen molar-refractivity contribution in [2.45, 2.75) is 25.8 Å². The number of benzene rings is 1. The largest absolute Gasteiger partial charge is 0.349 e. The van der Waals surface area contributed by atoms with Crippen molar-refractivity contribution in [2.24, 2.45) is 0 Å². The number of hydrogen-bond donors (Lipinski definition) is 1. The number of hydrogen-bond acceptors (Lipinski definition) is 2. The second kappa shape index (κ2) is 7.20. The molecule has 1 heterocycles. The number of pyridine rings is 1. The normalized spacial score (nSPS) is 11.9. The highest BCUT2D eigenvalue weighted by Gasteiger charge is 2.15. The van der Waals surface area contributed by atoms with Gasteiger partial charge in [-0.2, -0.15) is 0 Å². The number of nitrogens with one attached hydrogen (secondary N) is 1. The van der Waals surface area contributed by atoms with Crippen molar-refractivity contribution in [3.05, 3.63) is 64.4 Å². The summed E-state index contributed by atoms with van der Waals surface area (Å²) < 4.78 is 1.02. The number of carbonyl (C=O) groups is 1. The number of halogens is 1. The molecule has 1 aromatic carbocycles. The fourth-order valence-corrected chi connectivity index (χ4v) is 2.65. The molecule has 2 aromatic rings. The van der Waals surface area contributed by atoms with Crippen molar-refractivity contribution in [2.75, 3.05) is 0 Å². The third kappa shape index (κ3) is 3.90. The molecule has 0 bridgehead atoms. The van der Waals surface area contributed by atoms with E-state index < -0.39 is 0 Å². The van der Waals surface area contributed by atoms with E-state index in [1.54, 1.807) is 12.4 Å². The molecule has 0 aliphatic heterocycles. The summed E-state index contributed by atoms with van der Waals surface area (Å²) >= 11 is 3.53. The zero-order valence-electron chi connectivity index (χ0n) is 11.3. The fourth-order valence-electron chi connectivity index (χ4n) is 2.09. The van der Waals surface area contributed by atoms with Crippen LogP contribution in [0.15, 0.2) is 53.3 Å². The van der Waals surface area contributed by atoms with E-state index in [9.17, 15) is 4.79 Å². The zero-order valence-corrected chi connectivity index (χ0v) is 12.9. The van der Waals surface area contributed by atoms with E-state index in [0.717, 1.165) is 22.0 Å². The lowest BCUT2D eigenvalue weighted by Crippen LogP contribution is -2.29. The van der Waals surface area contributed by atoms with Gasteiger partial charge in [-0.25, -0.2) is 0 Å². The van der Waals surface area contributed by atoms with Crippen LogP contribution in [0.3, 0.4) is 0 Å². The van der Waals surface area contributed by atoms with Gasteiger partial charge in [-0.3, -0.25) is 9.78 Å². The lowest BCUT2D eigenvalue weighted by molar-refractivity contribution is -0.121. The van der Waals surface area contributed by atoms with Gasteiger partial charge in [0, 0.05) is 16.9 Å². The summed E-state index contributed by atoms with van der Waals surface area (Å²) in [6.45, 7) is 2.06. The highest BCUT2D eigenvalue weighted by molar-refractivity contribution is 9.10. The van der Waals surface area contributed by atoms with Crippen LogP contribution in [-0.4, -0.2) is 10.9 Å². The first kappa shape index (κ1) is 14.7. The predicted octanol–water partition coefficient (Wildman–Crippen LogP) is 3.65. The van der Waals surface area contributed by atoms with E-state index in [1.807, 2.05) is 36.4 Å². The van der Waals surface area contributed by atoms with Crippen LogP contribution in [0.2, 0.25) is 0 Å². The molecule has 0 aliphatic rings. The third-order valence-electron chi connectivity index (χ3n) is 3.11. The summed E-state index contributed by atoms with van der Waals surface area (Å²) in [4.78, 5) is 16.1. The lowest BCUT2D eigenvalue weighted by atomic mass is 10.0. The van der Waals surface area contributed by atoms with E-state index in [1.165, 1.54) is 0 Å². The Kier molecular flexibility index (Phi) is 5.30. The van der Waals surface area contributed by atoms with Gasteiger partial charge in [-0.1, -0.05) is 47.1 Å². The molecular formula is C16H17BrN2O. The van der Waals surface area contributed by atoms with E-state index in [-0.39, 0.29) is 11.9 Å². The van der Waals surface area contributed by atoms with Gasteiger partial charge in [0.05, 0.1) is 12.5 Å². The van der Waals surface area contributed by atoms with Gasteiger partial charge in [0.2, 0.25) is 5.91 Å². The molecule has 3 nitrogen and oxygen atoms in total. The molecule has 2 rings (SSSR count). The topological polar surface area (TPSA) is 42.0 Å². The van der Waals surface area contributed by atoms with Crippen molar-refractivity contribution in [1.29, 1.82) is 0 Å². The van der Waals surface area contributed by atoms with Gasteiger partial charge in [-0.15, -0.1) is 0 Å². The Bertz CT molecular complexity index is 572. The summed E-state index contributed by atoms with van der Waals surface area (Å²) in [5.74, 6) is 0.0144. The van der Waals surface area contributed by atoms with Crippen LogP contribution in [0.1, 0.15) is 30.5 Å².